The monoisotopic (exact) mass is 424 g/mol. The highest BCUT2D eigenvalue weighted by atomic mass is 16.5. The van der Waals surface area contributed by atoms with E-state index in [0.29, 0.717) is 29.5 Å². The van der Waals surface area contributed by atoms with E-state index in [1.807, 2.05) is 19.1 Å². The van der Waals surface area contributed by atoms with Crippen LogP contribution in [0.5, 0.6) is 5.75 Å². The summed E-state index contributed by atoms with van der Waals surface area (Å²) in [7, 11) is 3.40. The van der Waals surface area contributed by atoms with Gasteiger partial charge in [0.15, 0.2) is 12.4 Å². The van der Waals surface area contributed by atoms with Gasteiger partial charge < -0.3 is 14.5 Å². The van der Waals surface area contributed by atoms with Crippen LogP contribution in [0.3, 0.4) is 0 Å². The summed E-state index contributed by atoms with van der Waals surface area (Å²) < 4.78 is 5.90. The standard InChI is InChI=1S/C24H32N4O3/c1-15(2)18-10-9-16(3)21(12-18)31-14-22(29)28-11-7-8-20(28)23-25-13-19(17(4)26-23)24(30)27(5)6/h9-10,12-13,15,20H,7-8,11,14H2,1-6H3. The van der Waals surface area contributed by atoms with E-state index >= 15 is 0 Å². The number of hydrogen-bond donors (Lipinski definition) is 0. The molecule has 1 aliphatic heterocycles. The van der Waals surface area contributed by atoms with Crippen LogP contribution in [0.2, 0.25) is 0 Å². The van der Waals surface area contributed by atoms with Gasteiger partial charge in [0.1, 0.15) is 5.75 Å². The van der Waals surface area contributed by atoms with Crippen LogP contribution in [0.25, 0.3) is 0 Å². The van der Waals surface area contributed by atoms with Crippen molar-refractivity contribution in [3.05, 3.63) is 52.6 Å². The number of hydrogen-bond acceptors (Lipinski definition) is 5. The number of carbonyl (C=O) groups excluding carboxylic acids is 2. The second-order valence-corrected chi connectivity index (χ2v) is 8.64. The molecule has 0 N–H and O–H groups in total. The molecule has 0 aliphatic carbocycles. The van der Waals surface area contributed by atoms with E-state index in [0.717, 1.165) is 24.2 Å². The molecular weight excluding hydrogens is 392 g/mol. The van der Waals surface area contributed by atoms with Crippen molar-refractivity contribution in [2.75, 3.05) is 27.2 Å². The zero-order chi connectivity index (χ0) is 22.7. The maximum absolute atomic E-state index is 13.0. The molecule has 0 bridgehead atoms. The highest BCUT2D eigenvalue weighted by molar-refractivity contribution is 5.94. The molecule has 1 saturated heterocycles. The van der Waals surface area contributed by atoms with Gasteiger partial charge in [-0.1, -0.05) is 26.0 Å². The third-order valence-electron chi connectivity index (χ3n) is 5.74. The van der Waals surface area contributed by atoms with Gasteiger partial charge in [0.2, 0.25) is 0 Å². The first-order valence-electron chi connectivity index (χ1n) is 10.8. The Kier molecular flexibility index (Phi) is 6.93. The Labute approximate surface area is 184 Å². The lowest BCUT2D eigenvalue weighted by atomic mass is 10.0. The third kappa shape index (κ3) is 5.03. The first-order valence-corrected chi connectivity index (χ1v) is 10.8. The number of nitrogens with zero attached hydrogens (tertiary/aromatic N) is 4. The van der Waals surface area contributed by atoms with E-state index in [1.54, 1.807) is 32.1 Å². The molecule has 2 heterocycles. The molecule has 0 saturated carbocycles. The zero-order valence-corrected chi connectivity index (χ0v) is 19.3. The van der Waals surface area contributed by atoms with Crippen LogP contribution in [0, 0.1) is 13.8 Å². The van der Waals surface area contributed by atoms with Gasteiger partial charge in [-0.15, -0.1) is 0 Å². The number of aromatic nitrogens is 2. The molecule has 1 aromatic carbocycles. The van der Waals surface area contributed by atoms with Gasteiger partial charge in [-0.05, 0) is 49.8 Å². The maximum atomic E-state index is 13.0. The largest absolute Gasteiger partial charge is 0.483 e. The summed E-state index contributed by atoms with van der Waals surface area (Å²) in [6.07, 6.45) is 3.26. The van der Waals surface area contributed by atoms with Crippen LogP contribution in [0.15, 0.2) is 24.4 Å². The topological polar surface area (TPSA) is 75.6 Å². The van der Waals surface area contributed by atoms with Gasteiger partial charge in [0.05, 0.1) is 17.3 Å². The molecule has 0 radical (unpaired) electrons. The van der Waals surface area contributed by atoms with Crippen molar-refractivity contribution >= 4 is 11.8 Å². The quantitative estimate of drug-likeness (QED) is 0.707. The van der Waals surface area contributed by atoms with Crippen LogP contribution in [-0.2, 0) is 4.79 Å². The van der Waals surface area contributed by atoms with Crippen molar-refractivity contribution in [1.82, 2.24) is 19.8 Å². The number of likely N-dealkylation sites (tertiary alicyclic amines) is 1. The van der Waals surface area contributed by atoms with Gasteiger partial charge in [-0.2, -0.15) is 0 Å². The van der Waals surface area contributed by atoms with E-state index in [9.17, 15) is 9.59 Å². The molecule has 1 unspecified atom stereocenters. The summed E-state index contributed by atoms with van der Waals surface area (Å²) in [6.45, 7) is 8.68. The molecule has 1 aliphatic rings. The van der Waals surface area contributed by atoms with Gasteiger partial charge in [0.25, 0.3) is 11.8 Å². The molecule has 2 amide bonds. The molecule has 7 nitrogen and oxygen atoms in total. The smallest absolute Gasteiger partial charge is 0.261 e. The molecule has 166 valence electrons. The summed E-state index contributed by atoms with van der Waals surface area (Å²) in [5, 5.41) is 0. The predicted molar refractivity (Wildman–Crippen MR) is 119 cm³/mol. The Morgan fingerprint density at radius 1 is 1.26 bits per heavy atom. The zero-order valence-electron chi connectivity index (χ0n) is 19.3. The van der Waals surface area contributed by atoms with Gasteiger partial charge in [-0.3, -0.25) is 9.59 Å². The van der Waals surface area contributed by atoms with Gasteiger partial charge in [-0.25, -0.2) is 9.97 Å². The second kappa shape index (κ2) is 9.45. The molecule has 1 aromatic heterocycles. The SMILES string of the molecule is Cc1ccc(C(C)C)cc1OCC(=O)N1CCCC1c1ncc(C(=O)N(C)C)c(C)n1. The summed E-state index contributed by atoms with van der Waals surface area (Å²) >= 11 is 0. The van der Waals surface area contributed by atoms with Crippen LogP contribution >= 0.6 is 0 Å². The van der Waals surface area contributed by atoms with Gasteiger partial charge in [0, 0.05) is 26.8 Å². The van der Waals surface area contributed by atoms with Crippen LogP contribution in [0.4, 0.5) is 0 Å². The van der Waals surface area contributed by atoms with E-state index in [-0.39, 0.29) is 24.5 Å². The average Bonchev–Trinajstić information content (AvgIpc) is 3.22. The minimum absolute atomic E-state index is 0.0188. The van der Waals surface area contributed by atoms with E-state index in [1.165, 1.54) is 10.5 Å². The normalized spacial score (nSPS) is 16.0. The van der Waals surface area contributed by atoms with Crippen molar-refractivity contribution in [3.8, 4) is 5.75 Å². The Morgan fingerprint density at radius 3 is 2.65 bits per heavy atom. The first-order chi connectivity index (χ1) is 14.7. The molecule has 0 spiro atoms. The lowest BCUT2D eigenvalue weighted by molar-refractivity contribution is -0.134. The fraction of sp³-hybridized carbons (Fsp3) is 0.500. The number of ether oxygens (including phenoxy) is 1. The third-order valence-corrected chi connectivity index (χ3v) is 5.74. The Bertz CT molecular complexity index is 971. The molecule has 1 fully saturated rings. The summed E-state index contributed by atoms with van der Waals surface area (Å²) in [4.78, 5) is 37.5. The minimum atomic E-state index is -0.193. The highest BCUT2D eigenvalue weighted by Gasteiger charge is 2.32. The van der Waals surface area contributed by atoms with Crippen molar-refractivity contribution in [3.63, 3.8) is 0 Å². The predicted octanol–water partition coefficient (Wildman–Crippen LogP) is 3.66. The first kappa shape index (κ1) is 22.7. The van der Waals surface area contributed by atoms with Crippen LogP contribution in [0.1, 0.15) is 71.7 Å². The van der Waals surface area contributed by atoms with E-state index in [2.05, 4.69) is 29.9 Å². The maximum Gasteiger partial charge on any atom is 0.261 e. The van der Waals surface area contributed by atoms with Crippen molar-refractivity contribution < 1.29 is 14.3 Å². The Balaban J connectivity index is 1.72. The Morgan fingerprint density at radius 2 is 2.00 bits per heavy atom. The number of aryl methyl sites for hydroxylation is 2. The lowest BCUT2D eigenvalue weighted by Crippen LogP contribution is -2.35. The fourth-order valence-electron chi connectivity index (χ4n) is 3.78. The number of rotatable bonds is 6. The van der Waals surface area contributed by atoms with Gasteiger partial charge >= 0.3 is 0 Å². The number of benzene rings is 1. The number of carbonyl (C=O) groups is 2. The Hall–Kier alpha value is -2.96. The molecule has 31 heavy (non-hydrogen) atoms. The molecule has 1 atom stereocenters. The fourth-order valence-corrected chi connectivity index (χ4v) is 3.78. The highest BCUT2D eigenvalue weighted by Crippen LogP contribution is 2.31. The van der Waals surface area contributed by atoms with Crippen molar-refractivity contribution in [1.29, 1.82) is 0 Å². The summed E-state index contributed by atoms with van der Waals surface area (Å²) in [5.74, 6) is 1.51. The molecule has 7 heteroatoms. The molecule has 2 aromatic rings. The van der Waals surface area contributed by atoms with Crippen LogP contribution < -0.4 is 4.74 Å². The summed E-state index contributed by atoms with van der Waals surface area (Å²) in [5.41, 5.74) is 3.30. The van der Waals surface area contributed by atoms with Crippen molar-refractivity contribution in [2.45, 2.75) is 52.5 Å². The average molecular weight is 425 g/mol. The number of amides is 2. The molecule has 3 rings (SSSR count). The second-order valence-electron chi connectivity index (χ2n) is 8.64. The molecular formula is C24H32N4O3. The van der Waals surface area contributed by atoms with Crippen molar-refractivity contribution in [2.24, 2.45) is 0 Å². The van der Waals surface area contributed by atoms with Crippen LogP contribution in [-0.4, -0.2) is 58.8 Å². The van der Waals surface area contributed by atoms with E-state index < -0.39 is 0 Å². The summed E-state index contributed by atoms with van der Waals surface area (Å²) in [6, 6.07) is 5.94. The lowest BCUT2D eigenvalue weighted by Gasteiger charge is -2.24. The van der Waals surface area contributed by atoms with E-state index in [4.69, 9.17) is 4.74 Å². The minimum Gasteiger partial charge on any atom is -0.483 e.